The second-order valence-electron chi connectivity index (χ2n) is 9.00. The van der Waals surface area contributed by atoms with E-state index in [9.17, 15) is 23.2 Å². The van der Waals surface area contributed by atoms with Gasteiger partial charge in [-0.3, -0.25) is 19.7 Å². The van der Waals surface area contributed by atoms with Crippen LogP contribution < -0.4 is 15.5 Å². The Morgan fingerprint density at radius 3 is 2.26 bits per heavy atom. The van der Waals surface area contributed by atoms with Gasteiger partial charge >= 0.3 is 0 Å². The summed E-state index contributed by atoms with van der Waals surface area (Å²) in [4.78, 5) is 26.9. The molecule has 2 amide bonds. The number of rotatable bonds is 10. The smallest absolute Gasteiger partial charge is 0.266 e. The number of benzene rings is 2. The summed E-state index contributed by atoms with van der Waals surface area (Å²) in [6, 6.07) is 13.8. The number of ether oxygens (including phenoxy) is 2. The van der Waals surface area contributed by atoms with Crippen molar-refractivity contribution >= 4 is 21.7 Å². The van der Waals surface area contributed by atoms with Crippen molar-refractivity contribution in [2.24, 2.45) is 5.41 Å². The predicted molar refractivity (Wildman–Crippen MR) is 128 cm³/mol. The number of carbonyl (C=O) groups is 2. The molecular formula is C24H31N3O7S. The lowest BCUT2D eigenvalue weighted by atomic mass is 9.86. The van der Waals surface area contributed by atoms with Gasteiger partial charge in [0.15, 0.2) is 9.84 Å². The molecule has 3 rings (SSSR count). The molecule has 0 aromatic heterocycles. The van der Waals surface area contributed by atoms with Gasteiger partial charge in [0.1, 0.15) is 17.5 Å². The van der Waals surface area contributed by atoms with Crippen LogP contribution in [0.25, 0.3) is 0 Å². The molecule has 2 aromatic rings. The van der Waals surface area contributed by atoms with Crippen LogP contribution in [-0.4, -0.2) is 75.0 Å². The fourth-order valence-corrected chi connectivity index (χ4v) is 5.71. The van der Waals surface area contributed by atoms with Crippen LogP contribution >= 0.6 is 0 Å². The first-order chi connectivity index (χ1) is 16.6. The van der Waals surface area contributed by atoms with Crippen molar-refractivity contribution in [3.63, 3.8) is 0 Å². The number of hydroxylamine groups is 1. The highest BCUT2D eigenvalue weighted by molar-refractivity contribution is 7.91. The van der Waals surface area contributed by atoms with Crippen LogP contribution in [0.15, 0.2) is 59.5 Å². The van der Waals surface area contributed by atoms with E-state index in [4.69, 9.17) is 9.47 Å². The number of para-hydroxylation sites is 1. The zero-order chi connectivity index (χ0) is 25.5. The maximum atomic E-state index is 13.2. The highest BCUT2D eigenvalue weighted by Crippen LogP contribution is 2.29. The monoisotopic (exact) mass is 505 g/mol. The Morgan fingerprint density at radius 2 is 1.66 bits per heavy atom. The molecule has 1 saturated heterocycles. The molecule has 2 aromatic carbocycles. The standard InChI is InChI=1S/C24H31N3O7S/c1-24(2,22(23(29)26-30)25-21(28)16-27-12-14-33-15-13-27)17-35(31,32)20-10-8-19(9-11-20)34-18-6-4-3-5-7-18/h3-11,22,30H,12-17H2,1-2H3,(H,25,28)(H,26,29)/t22-/m1/s1. The van der Waals surface area contributed by atoms with Gasteiger partial charge in [-0.15, -0.1) is 0 Å². The number of hydrogen-bond acceptors (Lipinski definition) is 8. The number of morpholine rings is 1. The van der Waals surface area contributed by atoms with Crippen molar-refractivity contribution in [1.82, 2.24) is 15.7 Å². The maximum absolute atomic E-state index is 13.2. The molecule has 0 saturated carbocycles. The molecule has 0 radical (unpaired) electrons. The van der Waals surface area contributed by atoms with E-state index in [0.29, 0.717) is 37.8 Å². The van der Waals surface area contributed by atoms with E-state index in [0.717, 1.165) is 0 Å². The van der Waals surface area contributed by atoms with E-state index in [-0.39, 0.29) is 11.4 Å². The van der Waals surface area contributed by atoms with E-state index in [1.807, 2.05) is 23.1 Å². The van der Waals surface area contributed by atoms with Gasteiger partial charge in [-0.05, 0) is 36.4 Å². The second kappa shape index (κ2) is 11.6. The Labute approximate surface area is 205 Å². The van der Waals surface area contributed by atoms with Gasteiger partial charge in [-0.25, -0.2) is 13.9 Å². The molecule has 0 aliphatic carbocycles. The van der Waals surface area contributed by atoms with Gasteiger partial charge in [0.05, 0.1) is 30.4 Å². The number of nitrogens with zero attached hydrogens (tertiary/aromatic N) is 1. The Balaban J connectivity index is 1.70. The first-order valence-electron chi connectivity index (χ1n) is 11.2. The van der Waals surface area contributed by atoms with Crippen molar-refractivity contribution < 1.29 is 32.7 Å². The molecule has 1 fully saturated rings. The predicted octanol–water partition coefficient (Wildman–Crippen LogP) is 1.60. The summed E-state index contributed by atoms with van der Waals surface area (Å²) in [5.41, 5.74) is 0.293. The maximum Gasteiger partial charge on any atom is 0.266 e. The average Bonchev–Trinajstić information content (AvgIpc) is 2.83. The molecule has 10 nitrogen and oxygen atoms in total. The van der Waals surface area contributed by atoms with Crippen LogP contribution in [0.5, 0.6) is 11.5 Å². The third kappa shape index (κ3) is 7.49. The molecule has 0 bridgehead atoms. The van der Waals surface area contributed by atoms with Gasteiger partial charge in [0, 0.05) is 18.5 Å². The van der Waals surface area contributed by atoms with Gasteiger partial charge < -0.3 is 14.8 Å². The van der Waals surface area contributed by atoms with Crippen molar-refractivity contribution in [3.8, 4) is 11.5 Å². The summed E-state index contributed by atoms with van der Waals surface area (Å²) in [5, 5.41) is 11.8. The van der Waals surface area contributed by atoms with Crippen LogP contribution in [0.3, 0.4) is 0 Å². The van der Waals surface area contributed by atoms with Crippen LogP contribution in [0.4, 0.5) is 0 Å². The zero-order valence-electron chi connectivity index (χ0n) is 19.8. The number of hydrogen-bond donors (Lipinski definition) is 3. The van der Waals surface area contributed by atoms with Crippen molar-refractivity contribution in [1.29, 1.82) is 0 Å². The minimum Gasteiger partial charge on any atom is -0.457 e. The Kier molecular flexibility index (Phi) is 8.84. The lowest BCUT2D eigenvalue weighted by Crippen LogP contribution is -2.57. The van der Waals surface area contributed by atoms with Gasteiger partial charge in [-0.2, -0.15) is 0 Å². The van der Waals surface area contributed by atoms with E-state index in [1.165, 1.54) is 17.6 Å². The molecule has 190 valence electrons. The fraction of sp³-hybridized carbons (Fsp3) is 0.417. The molecule has 35 heavy (non-hydrogen) atoms. The topological polar surface area (TPSA) is 134 Å². The summed E-state index contributed by atoms with van der Waals surface area (Å²) in [6.07, 6.45) is 0. The summed E-state index contributed by atoms with van der Waals surface area (Å²) in [5.74, 6) is -0.702. The Bertz CT molecular complexity index is 1100. The van der Waals surface area contributed by atoms with E-state index < -0.39 is 38.9 Å². The summed E-state index contributed by atoms with van der Waals surface area (Å²) in [6.45, 7) is 5.29. The Morgan fingerprint density at radius 1 is 1.06 bits per heavy atom. The lowest BCUT2D eigenvalue weighted by Gasteiger charge is -2.34. The van der Waals surface area contributed by atoms with E-state index >= 15 is 0 Å². The van der Waals surface area contributed by atoms with Crippen molar-refractivity contribution in [2.75, 3.05) is 38.6 Å². The molecule has 1 aliphatic heterocycles. The number of sulfone groups is 1. The fourth-order valence-electron chi connectivity index (χ4n) is 3.85. The summed E-state index contributed by atoms with van der Waals surface area (Å²) < 4.78 is 37.3. The first-order valence-corrected chi connectivity index (χ1v) is 12.8. The third-order valence-electron chi connectivity index (χ3n) is 5.65. The van der Waals surface area contributed by atoms with E-state index in [1.54, 1.807) is 38.1 Å². The normalized spacial score (nSPS) is 15.7. The third-order valence-corrected chi connectivity index (χ3v) is 7.77. The van der Waals surface area contributed by atoms with Crippen LogP contribution in [-0.2, 0) is 24.2 Å². The van der Waals surface area contributed by atoms with Gasteiger partial charge in [0.25, 0.3) is 5.91 Å². The quantitative estimate of drug-likeness (QED) is 0.327. The molecular weight excluding hydrogens is 474 g/mol. The average molecular weight is 506 g/mol. The van der Waals surface area contributed by atoms with Crippen LogP contribution in [0, 0.1) is 5.41 Å². The molecule has 1 atom stereocenters. The second-order valence-corrected chi connectivity index (χ2v) is 11.0. The van der Waals surface area contributed by atoms with Gasteiger partial charge in [-0.1, -0.05) is 32.0 Å². The largest absolute Gasteiger partial charge is 0.457 e. The molecule has 11 heteroatoms. The number of amides is 2. The lowest BCUT2D eigenvalue weighted by molar-refractivity contribution is -0.138. The molecule has 0 unspecified atom stereocenters. The Hall–Kier alpha value is -2.99. The number of carbonyl (C=O) groups excluding carboxylic acids is 2. The van der Waals surface area contributed by atoms with Gasteiger partial charge in [0.2, 0.25) is 5.91 Å². The summed E-state index contributed by atoms with van der Waals surface area (Å²) >= 11 is 0. The molecule has 3 N–H and O–H groups in total. The van der Waals surface area contributed by atoms with Crippen LogP contribution in [0.2, 0.25) is 0 Å². The molecule has 0 spiro atoms. The summed E-state index contributed by atoms with van der Waals surface area (Å²) in [7, 11) is -3.85. The molecule has 1 aliphatic rings. The molecule has 1 heterocycles. The first kappa shape index (κ1) is 26.6. The minimum absolute atomic E-state index is 0.0320. The SMILES string of the molecule is CC(C)(CS(=O)(=O)c1ccc(Oc2ccccc2)cc1)[C@H](NC(=O)CN1CCOCC1)C(=O)NO. The van der Waals surface area contributed by atoms with E-state index in [2.05, 4.69) is 5.32 Å². The zero-order valence-corrected chi connectivity index (χ0v) is 20.6. The van der Waals surface area contributed by atoms with Crippen molar-refractivity contribution in [3.05, 3.63) is 54.6 Å². The number of nitrogens with one attached hydrogen (secondary N) is 2. The minimum atomic E-state index is -3.85. The van der Waals surface area contributed by atoms with Crippen LogP contribution in [0.1, 0.15) is 13.8 Å². The van der Waals surface area contributed by atoms with Crippen molar-refractivity contribution in [2.45, 2.75) is 24.8 Å². The highest BCUT2D eigenvalue weighted by atomic mass is 32.2. The highest BCUT2D eigenvalue weighted by Gasteiger charge is 2.40.